The van der Waals surface area contributed by atoms with Crippen LogP contribution in [0.3, 0.4) is 0 Å². The third-order valence-electron chi connectivity index (χ3n) is 10.1. The summed E-state index contributed by atoms with van der Waals surface area (Å²) in [6, 6.07) is 19.8. The van der Waals surface area contributed by atoms with Crippen LogP contribution in [0.5, 0.6) is 0 Å². The Morgan fingerprint density at radius 1 is 0.519 bits per heavy atom. The number of nitrogens with one attached hydrogen (secondary N) is 2. The summed E-state index contributed by atoms with van der Waals surface area (Å²) in [5, 5.41) is 0. The van der Waals surface area contributed by atoms with Crippen LogP contribution in [0, 0.1) is 23.3 Å². The molecule has 10 heteroatoms. The molecule has 7 rings (SSSR count). The zero-order valence-electron chi connectivity index (χ0n) is 30.6. The van der Waals surface area contributed by atoms with Gasteiger partial charge in [-0.3, -0.25) is 0 Å². The highest BCUT2D eigenvalue weighted by Crippen LogP contribution is 2.31. The Hall–Kier alpha value is -5.32. The highest BCUT2D eigenvalue weighted by Gasteiger charge is 2.20. The predicted octanol–water partition coefficient (Wildman–Crippen LogP) is 11.8. The molecule has 0 aliphatic carbocycles. The molecule has 278 valence electrons. The number of aromatic amines is 2. The van der Waals surface area contributed by atoms with Gasteiger partial charge in [0, 0.05) is 57.5 Å². The normalized spacial score (nSPS) is 14.7. The summed E-state index contributed by atoms with van der Waals surface area (Å²) >= 11 is 0. The number of nitrogens with zero attached hydrogens (tertiary/aromatic N) is 2. The summed E-state index contributed by atoms with van der Waals surface area (Å²) in [5.74, 6) is -2.97. The molecule has 6 nitrogen and oxygen atoms in total. The van der Waals surface area contributed by atoms with Crippen molar-refractivity contribution in [2.24, 2.45) is 0 Å². The number of benzene rings is 2. The Kier molecular flexibility index (Phi) is 10.9. The van der Waals surface area contributed by atoms with Gasteiger partial charge >= 0.3 is 0 Å². The second-order valence-electron chi connectivity index (χ2n) is 14.0. The van der Waals surface area contributed by atoms with Crippen LogP contribution >= 0.6 is 0 Å². The van der Waals surface area contributed by atoms with Gasteiger partial charge in [0.1, 0.15) is 23.3 Å². The molecule has 0 fully saturated rings. The Morgan fingerprint density at radius 2 is 0.907 bits per heavy atom. The summed E-state index contributed by atoms with van der Waals surface area (Å²) < 4.78 is 70.3. The first-order valence-corrected chi connectivity index (χ1v) is 18.3. The van der Waals surface area contributed by atoms with E-state index in [1.165, 1.54) is 36.4 Å². The van der Waals surface area contributed by atoms with Gasteiger partial charge in [0.2, 0.25) is 0 Å². The molecule has 0 radical (unpaired) electrons. The fourth-order valence-corrected chi connectivity index (χ4v) is 7.08. The van der Waals surface area contributed by atoms with E-state index in [4.69, 9.17) is 19.4 Å². The third kappa shape index (κ3) is 8.25. The second-order valence-corrected chi connectivity index (χ2v) is 14.0. The average Bonchev–Trinajstić information content (AvgIpc) is 3.93. The van der Waals surface area contributed by atoms with E-state index in [9.17, 15) is 17.6 Å². The Bertz CT molecular complexity index is 2360. The topological polar surface area (TPSA) is 75.8 Å². The van der Waals surface area contributed by atoms with E-state index >= 15 is 0 Å². The average molecular weight is 735 g/mol. The molecule has 2 aromatic carbocycles. The molecule has 2 aliphatic rings. The number of H-pyrrole nitrogens is 2. The monoisotopic (exact) mass is 734 g/mol. The molecule has 8 bridgehead atoms. The smallest absolute Gasteiger partial charge is 0.129 e. The van der Waals surface area contributed by atoms with Crippen LogP contribution < -0.4 is 0 Å². The summed E-state index contributed by atoms with van der Waals surface area (Å²) in [7, 11) is 0. The Labute approximate surface area is 311 Å². The quantitative estimate of drug-likeness (QED) is 0.123. The van der Waals surface area contributed by atoms with Gasteiger partial charge in [-0.25, -0.2) is 27.5 Å². The highest BCUT2D eigenvalue weighted by molar-refractivity contribution is 5.79. The number of rotatable bonds is 12. The van der Waals surface area contributed by atoms with Crippen molar-refractivity contribution in [3.8, 4) is 0 Å². The predicted molar refractivity (Wildman–Crippen MR) is 206 cm³/mol. The van der Waals surface area contributed by atoms with Crippen molar-refractivity contribution in [3.05, 3.63) is 141 Å². The van der Waals surface area contributed by atoms with Gasteiger partial charge in [-0.15, -0.1) is 0 Å². The van der Waals surface area contributed by atoms with Crippen molar-refractivity contribution >= 4 is 46.4 Å². The zero-order valence-corrected chi connectivity index (χ0v) is 30.6. The SMILES string of the molecule is CC(CCOC(C)c1cc2cc3[nH]c(cc4nc(cc5nc(cc1[nH]2)C=C5)C=C4)cc3C(C)OCCC(C)c1c(F)cccc1F)c1c(F)cccc1F. The van der Waals surface area contributed by atoms with Gasteiger partial charge in [-0.1, -0.05) is 26.0 Å². The van der Waals surface area contributed by atoms with Crippen LogP contribution in [0.25, 0.3) is 46.4 Å². The van der Waals surface area contributed by atoms with Gasteiger partial charge in [-0.05, 0) is 123 Å². The van der Waals surface area contributed by atoms with Crippen LogP contribution in [-0.2, 0) is 9.47 Å². The van der Waals surface area contributed by atoms with Crippen molar-refractivity contribution in [1.29, 1.82) is 0 Å². The maximum Gasteiger partial charge on any atom is 0.129 e. The molecule has 4 atom stereocenters. The van der Waals surface area contributed by atoms with Crippen LogP contribution in [-0.4, -0.2) is 33.1 Å². The van der Waals surface area contributed by atoms with Gasteiger partial charge in [0.15, 0.2) is 0 Å². The van der Waals surface area contributed by atoms with Crippen LogP contribution in [0.2, 0.25) is 0 Å². The lowest BCUT2D eigenvalue weighted by Gasteiger charge is -2.17. The van der Waals surface area contributed by atoms with Crippen LogP contribution in [0.1, 0.15) is 110 Å². The first-order chi connectivity index (χ1) is 26.0. The highest BCUT2D eigenvalue weighted by atomic mass is 19.1. The van der Waals surface area contributed by atoms with Gasteiger partial charge in [0.25, 0.3) is 0 Å². The van der Waals surface area contributed by atoms with Crippen LogP contribution in [0.15, 0.2) is 72.8 Å². The molecule has 0 saturated carbocycles. The minimum absolute atomic E-state index is 0.0679. The van der Waals surface area contributed by atoms with E-state index in [0.29, 0.717) is 26.1 Å². The van der Waals surface area contributed by atoms with Gasteiger partial charge < -0.3 is 19.4 Å². The lowest BCUT2D eigenvalue weighted by atomic mass is 9.97. The number of aromatic nitrogens is 4. The van der Waals surface area contributed by atoms with E-state index < -0.39 is 23.3 Å². The molecule has 0 saturated heterocycles. The largest absolute Gasteiger partial charge is 0.374 e. The molecule has 3 aromatic heterocycles. The van der Waals surface area contributed by atoms with Gasteiger partial charge in [-0.2, -0.15) is 0 Å². The number of ether oxygens (including phenoxy) is 2. The summed E-state index contributed by atoms with van der Waals surface area (Å²) in [6.07, 6.45) is 7.93. The van der Waals surface area contributed by atoms with E-state index in [1.54, 1.807) is 13.8 Å². The number of halogens is 4. The molecular weight excluding hydrogens is 693 g/mol. The first-order valence-electron chi connectivity index (χ1n) is 18.3. The first kappa shape index (κ1) is 37.0. The zero-order chi connectivity index (χ0) is 37.9. The van der Waals surface area contributed by atoms with E-state index in [-0.39, 0.29) is 35.2 Å². The molecule has 5 heterocycles. The number of hydrogen-bond acceptors (Lipinski definition) is 4. The number of fused-ring (bicyclic) bond motifs is 8. The molecule has 4 unspecified atom stereocenters. The fraction of sp³-hybridized carbons (Fsp3) is 0.273. The minimum Gasteiger partial charge on any atom is -0.374 e. The summed E-state index contributed by atoms with van der Waals surface area (Å²) in [5.41, 5.74) is 8.28. The fourth-order valence-electron chi connectivity index (χ4n) is 7.08. The van der Waals surface area contributed by atoms with Crippen molar-refractivity contribution in [2.45, 2.75) is 64.6 Å². The molecule has 2 N–H and O–H groups in total. The lowest BCUT2D eigenvalue weighted by molar-refractivity contribution is 0.0618. The van der Waals surface area contributed by atoms with Crippen molar-refractivity contribution in [1.82, 2.24) is 19.9 Å². The molecular formula is C44H42F4N4O2. The Morgan fingerprint density at radius 3 is 1.37 bits per heavy atom. The molecule has 0 spiro atoms. The second kappa shape index (κ2) is 16.0. The van der Waals surface area contributed by atoms with Gasteiger partial charge in [0.05, 0.1) is 35.0 Å². The summed E-state index contributed by atoms with van der Waals surface area (Å²) in [4.78, 5) is 16.6. The molecule has 54 heavy (non-hydrogen) atoms. The minimum atomic E-state index is -0.557. The molecule has 0 amide bonds. The maximum atomic E-state index is 14.4. The maximum absolute atomic E-state index is 14.4. The van der Waals surface area contributed by atoms with E-state index in [2.05, 4.69) is 9.97 Å². The van der Waals surface area contributed by atoms with E-state index in [0.717, 1.165) is 56.0 Å². The van der Waals surface area contributed by atoms with Crippen molar-refractivity contribution < 1.29 is 27.0 Å². The standard InChI is InChI=1S/C44H42F4N4O2/c1-25(43-37(45)7-5-8-38(43)46)15-17-53-27(3)35-21-33-20-31-12-11-29(49-31)19-30-13-14-32(50-30)23-41-36(22-34(52-41)24-42(35)51-33)28(4)54-18-16-26(2)44-39(47)9-6-10-40(44)48/h5-14,19-28,51-52H,15-18H2,1-4H3. The number of hydrogen-bond donors (Lipinski definition) is 2. The summed E-state index contributed by atoms with van der Waals surface area (Å²) in [6.45, 7) is 8.08. The van der Waals surface area contributed by atoms with Crippen molar-refractivity contribution in [3.63, 3.8) is 0 Å². The molecule has 5 aromatic rings. The Balaban J connectivity index is 1.21. The molecule has 2 aliphatic heterocycles. The lowest BCUT2D eigenvalue weighted by Crippen LogP contribution is -2.07. The van der Waals surface area contributed by atoms with Crippen molar-refractivity contribution in [2.75, 3.05) is 13.2 Å². The van der Waals surface area contributed by atoms with E-state index in [1.807, 2.05) is 74.5 Å². The van der Waals surface area contributed by atoms with Crippen LogP contribution in [0.4, 0.5) is 17.6 Å². The third-order valence-corrected chi connectivity index (χ3v) is 10.1.